The van der Waals surface area contributed by atoms with Gasteiger partial charge in [-0.2, -0.15) is 4.89 Å². The zero-order valence-electron chi connectivity index (χ0n) is 16.3. The molecular formula is C22H40O2P+. The first-order valence-corrected chi connectivity index (χ1v) is 11.3. The van der Waals surface area contributed by atoms with Gasteiger partial charge in [0.1, 0.15) is 0 Å². The largest absolute Gasteiger partial charge is 0.491 e. The maximum Gasteiger partial charge on any atom is 0.491 e. The Morgan fingerprint density at radius 2 is 1.04 bits per heavy atom. The molecule has 0 amide bonds. The summed E-state index contributed by atoms with van der Waals surface area (Å²) in [4.78, 5) is 7.04. The molecular weight excluding hydrogens is 327 g/mol. The zero-order chi connectivity index (χ0) is 18.4. The van der Waals surface area contributed by atoms with Crippen LogP contribution in [0.1, 0.15) is 102 Å². The highest BCUT2D eigenvalue weighted by Crippen LogP contribution is 2.13. The molecule has 1 rings (SSSR count). The van der Waals surface area contributed by atoms with E-state index >= 15 is 0 Å². The van der Waals surface area contributed by atoms with Crippen LogP contribution in [0, 0.1) is 0 Å². The summed E-state index contributed by atoms with van der Waals surface area (Å²) >= 11 is 0. The van der Waals surface area contributed by atoms with Crippen molar-refractivity contribution in [2.75, 3.05) is 0 Å². The molecule has 0 aliphatic rings. The fraction of sp³-hybridized carbons (Fsp3) is 0.727. The molecule has 0 radical (unpaired) electrons. The van der Waals surface area contributed by atoms with Crippen LogP contribution in [-0.2, 0) is 11.0 Å². The lowest BCUT2D eigenvalue weighted by molar-refractivity contribution is 0.524. The van der Waals surface area contributed by atoms with Crippen molar-refractivity contribution in [1.29, 1.82) is 0 Å². The van der Waals surface area contributed by atoms with Gasteiger partial charge in [-0.1, -0.05) is 121 Å². The second-order valence-electron chi connectivity index (χ2n) is 6.92. The normalized spacial score (nSPS) is 10.5. The Bertz CT molecular complexity index is 368. The van der Waals surface area contributed by atoms with E-state index in [1.165, 1.54) is 102 Å². The Hall–Kier alpha value is -0.720. The van der Waals surface area contributed by atoms with Crippen LogP contribution in [0.5, 0.6) is 0 Å². The molecule has 1 N–H and O–H groups in total. The van der Waals surface area contributed by atoms with E-state index in [1.807, 2.05) is 0 Å². The molecule has 2 nitrogen and oxygen atoms in total. The minimum atomic E-state index is -1.17. The summed E-state index contributed by atoms with van der Waals surface area (Å²) in [5, 5.41) is 0. The van der Waals surface area contributed by atoms with Crippen molar-refractivity contribution in [2.24, 2.45) is 0 Å². The van der Waals surface area contributed by atoms with E-state index in [-0.39, 0.29) is 0 Å². The second-order valence-corrected chi connectivity index (χ2v) is 7.11. The quantitative estimate of drug-likeness (QED) is 0.255. The SMILES string of the molecule is CCCCCCCCCCCCCCCCc1ccccc1.O=[PH+]O. The highest BCUT2D eigenvalue weighted by atomic mass is 31.1. The Kier molecular flexibility index (Phi) is 20.7. The second kappa shape index (κ2) is 21.3. The van der Waals surface area contributed by atoms with Gasteiger partial charge in [-0.05, 0) is 23.0 Å². The first-order chi connectivity index (χ1) is 12.3. The molecule has 1 aromatic rings. The van der Waals surface area contributed by atoms with E-state index in [0.29, 0.717) is 0 Å². The van der Waals surface area contributed by atoms with Crippen LogP contribution in [0.4, 0.5) is 0 Å². The first-order valence-electron chi connectivity index (χ1n) is 10.4. The molecule has 0 saturated carbocycles. The lowest BCUT2D eigenvalue weighted by Crippen LogP contribution is -1.86. The Morgan fingerprint density at radius 3 is 1.44 bits per heavy atom. The van der Waals surface area contributed by atoms with Gasteiger partial charge in [0, 0.05) is 0 Å². The van der Waals surface area contributed by atoms with E-state index < -0.39 is 8.69 Å². The molecule has 0 fully saturated rings. The maximum absolute atomic E-state index is 8.51. The molecule has 0 aromatic heterocycles. The predicted molar refractivity (Wildman–Crippen MR) is 112 cm³/mol. The number of hydrogen-bond acceptors (Lipinski definition) is 1. The van der Waals surface area contributed by atoms with Crippen molar-refractivity contribution in [3.05, 3.63) is 35.9 Å². The van der Waals surface area contributed by atoms with E-state index in [9.17, 15) is 0 Å². The Balaban J connectivity index is 0.00000178. The fourth-order valence-electron chi connectivity index (χ4n) is 3.17. The Morgan fingerprint density at radius 1 is 0.680 bits per heavy atom. The summed E-state index contributed by atoms with van der Waals surface area (Å²) < 4.78 is 8.51. The lowest BCUT2D eigenvalue weighted by atomic mass is 10.0. The van der Waals surface area contributed by atoms with Crippen LogP contribution in [-0.4, -0.2) is 4.89 Å². The molecule has 1 unspecified atom stereocenters. The van der Waals surface area contributed by atoms with Crippen LogP contribution in [0.2, 0.25) is 0 Å². The standard InChI is InChI=1S/C22H38.HO2P/c1-2-3-4-5-6-7-8-9-10-11-12-13-14-16-19-22-20-17-15-18-21-22;1-3-2/h15,17-18,20-21H,2-14,16,19H2,1H3;3H/p+1. The van der Waals surface area contributed by atoms with Crippen molar-refractivity contribution in [3.8, 4) is 0 Å². The van der Waals surface area contributed by atoms with Crippen molar-refractivity contribution < 1.29 is 9.46 Å². The molecule has 3 heteroatoms. The molecule has 0 heterocycles. The number of unbranched alkanes of at least 4 members (excludes halogenated alkanes) is 13. The van der Waals surface area contributed by atoms with Gasteiger partial charge in [0.25, 0.3) is 0 Å². The summed E-state index contributed by atoms with van der Waals surface area (Å²) in [6.45, 7) is 2.29. The number of rotatable bonds is 15. The van der Waals surface area contributed by atoms with Crippen molar-refractivity contribution in [2.45, 2.75) is 103 Å². The van der Waals surface area contributed by atoms with Gasteiger partial charge < -0.3 is 0 Å². The van der Waals surface area contributed by atoms with Crippen LogP contribution in [0.3, 0.4) is 0 Å². The average molecular weight is 368 g/mol. The van der Waals surface area contributed by atoms with Crippen molar-refractivity contribution >= 4 is 8.69 Å². The third-order valence-electron chi connectivity index (χ3n) is 4.66. The van der Waals surface area contributed by atoms with E-state index in [0.717, 1.165) is 0 Å². The summed E-state index contributed by atoms with van der Waals surface area (Å²) in [6, 6.07) is 10.9. The third kappa shape index (κ3) is 19.5. The number of benzene rings is 1. The summed E-state index contributed by atoms with van der Waals surface area (Å²) in [5.74, 6) is 0. The zero-order valence-corrected chi connectivity index (χ0v) is 17.3. The third-order valence-corrected chi connectivity index (χ3v) is 4.66. The van der Waals surface area contributed by atoms with Gasteiger partial charge in [-0.3, -0.25) is 0 Å². The highest BCUT2D eigenvalue weighted by molar-refractivity contribution is 7.16. The van der Waals surface area contributed by atoms with Gasteiger partial charge in [-0.15, -0.1) is 0 Å². The number of aryl methyl sites for hydroxylation is 1. The molecule has 0 saturated heterocycles. The minimum Gasteiger partial charge on any atom is -0.162 e. The maximum atomic E-state index is 8.51. The molecule has 0 aliphatic heterocycles. The van der Waals surface area contributed by atoms with E-state index in [4.69, 9.17) is 9.46 Å². The van der Waals surface area contributed by atoms with Gasteiger partial charge in [-0.25, -0.2) is 0 Å². The lowest BCUT2D eigenvalue weighted by Gasteiger charge is -2.03. The van der Waals surface area contributed by atoms with Crippen molar-refractivity contribution in [3.63, 3.8) is 0 Å². The predicted octanol–water partition coefficient (Wildman–Crippen LogP) is 7.63. The molecule has 0 bridgehead atoms. The number of hydrogen-bond donors (Lipinski definition) is 1. The molecule has 0 spiro atoms. The molecule has 0 aliphatic carbocycles. The van der Waals surface area contributed by atoms with Crippen molar-refractivity contribution in [1.82, 2.24) is 0 Å². The summed E-state index contributed by atoms with van der Waals surface area (Å²) in [7, 11) is -1.17. The Labute approximate surface area is 157 Å². The van der Waals surface area contributed by atoms with E-state index in [1.54, 1.807) is 0 Å². The first kappa shape index (κ1) is 24.3. The summed E-state index contributed by atoms with van der Waals surface area (Å²) in [6.07, 6.45) is 21.5. The molecule has 144 valence electrons. The summed E-state index contributed by atoms with van der Waals surface area (Å²) in [5.41, 5.74) is 1.50. The van der Waals surface area contributed by atoms with Crippen LogP contribution >= 0.6 is 8.69 Å². The van der Waals surface area contributed by atoms with Crippen LogP contribution < -0.4 is 0 Å². The van der Waals surface area contributed by atoms with Crippen LogP contribution in [0.25, 0.3) is 0 Å². The molecule has 1 aromatic carbocycles. The van der Waals surface area contributed by atoms with E-state index in [2.05, 4.69) is 37.3 Å². The van der Waals surface area contributed by atoms with Gasteiger partial charge in [0.15, 0.2) is 0 Å². The molecule has 1 atom stereocenters. The molecule has 25 heavy (non-hydrogen) atoms. The average Bonchev–Trinajstić information content (AvgIpc) is 2.63. The van der Waals surface area contributed by atoms with Gasteiger partial charge >= 0.3 is 8.69 Å². The topological polar surface area (TPSA) is 37.3 Å². The fourth-order valence-corrected chi connectivity index (χ4v) is 3.17. The smallest absolute Gasteiger partial charge is 0.162 e. The van der Waals surface area contributed by atoms with Gasteiger partial charge in [0.05, 0.1) is 0 Å². The minimum absolute atomic E-state index is 1.17. The van der Waals surface area contributed by atoms with Crippen LogP contribution in [0.15, 0.2) is 30.3 Å². The monoisotopic (exact) mass is 367 g/mol. The highest BCUT2D eigenvalue weighted by Gasteiger charge is 1.95. The van der Waals surface area contributed by atoms with Gasteiger partial charge in [0.2, 0.25) is 0 Å².